The van der Waals surface area contributed by atoms with Crippen LogP contribution in [0.15, 0.2) is 39.1 Å². The Kier molecular flexibility index (Phi) is 4.19. The van der Waals surface area contributed by atoms with Gasteiger partial charge >= 0.3 is 0 Å². The summed E-state index contributed by atoms with van der Waals surface area (Å²) in [5, 5.41) is 0.392. The highest BCUT2D eigenvalue weighted by Crippen LogP contribution is 2.35. The fourth-order valence-corrected chi connectivity index (χ4v) is 2.44. The summed E-state index contributed by atoms with van der Waals surface area (Å²) in [6.07, 6.45) is 0.0304. The molecule has 5 N–H and O–H groups in total. The highest BCUT2D eigenvalue weighted by atomic mass is 32.2. The molecule has 20 heavy (non-hydrogen) atoms. The Morgan fingerprint density at radius 2 is 2.10 bits per heavy atom. The van der Waals surface area contributed by atoms with Crippen LogP contribution in [0.5, 0.6) is 5.75 Å². The standard InChI is InChI=1S/C13H16N4O2S/c1-7(2)19-8-4-3-5-9(12(8)15)20-13-16-10(14)6-11(18)17-13/h3-7H,15H2,1-2H3,(H3,14,16,17,18). The molecule has 2 rings (SSSR count). The molecule has 1 heterocycles. The summed E-state index contributed by atoms with van der Waals surface area (Å²) in [4.78, 5) is 18.8. The van der Waals surface area contributed by atoms with Crippen molar-refractivity contribution < 1.29 is 4.74 Å². The Morgan fingerprint density at radius 3 is 2.75 bits per heavy atom. The van der Waals surface area contributed by atoms with E-state index in [1.165, 1.54) is 17.8 Å². The minimum absolute atomic E-state index is 0.0304. The van der Waals surface area contributed by atoms with E-state index in [-0.39, 0.29) is 17.5 Å². The lowest BCUT2D eigenvalue weighted by atomic mass is 10.3. The number of H-pyrrole nitrogens is 1. The molecule has 0 saturated heterocycles. The van der Waals surface area contributed by atoms with Crippen molar-refractivity contribution >= 4 is 23.3 Å². The summed E-state index contributed by atoms with van der Waals surface area (Å²) >= 11 is 1.23. The highest BCUT2D eigenvalue weighted by Gasteiger charge is 2.10. The first-order valence-electron chi connectivity index (χ1n) is 6.05. The van der Waals surface area contributed by atoms with Crippen LogP contribution in [0, 0.1) is 0 Å². The van der Waals surface area contributed by atoms with Crippen LogP contribution in [0.2, 0.25) is 0 Å². The fraction of sp³-hybridized carbons (Fsp3) is 0.231. The number of nitrogens with one attached hydrogen (secondary N) is 1. The van der Waals surface area contributed by atoms with Crippen LogP contribution < -0.4 is 21.8 Å². The molecule has 0 bridgehead atoms. The zero-order chi connectivity index (χ0) is 14.7. The lowest BCUT2D eigenvalue weighted by Crippen LogP contribution is -2.10. The number of aromatic nitrogens is 2. The number of rotatable bonds is 4. The largest absolute Gasteiger partial charge is 0.489 e. The van der Waals surface area contributed by atoms with E-state index >= 15 is 0 Å². The Balaban J connectivity index is 2.31. The number of nitrogens with zero attached hydrogens (tertiary/aromatic N) is 1. The molecule has 0 aliphatic rings. The van der Waals surface area contributed by atoms with Gasteiger partial charge in [0.05, 0.1) is 11.8 Å². The predicted octanol–water partition coefficient (Wildman–Crippen LogP) is 1.87. The fourth-order valence-electron chi connectivity index (χ4n) is 1.58. The predicted molar refractivity (Wildman–Crippen MR) is 80.0 cm³/mol. The van der Waals surface area contributed by atoms with Crippen molar-refractivity contribution in [1.29, 1.82) is 0 Å². The van der Waals surface area contributed by atoms with Crippen molar-refractivity contribution in [2.75, 3.05) is 11.5 Å². The average molecular weight is 292 g/mol. The molecule has 0 aliphatic carbocycles. The van der Waals surface area contributed by atoms with E-state index in [9.17, 15) is 4.79 Å². The van der Waals surface area contributed by atoms with Crippen LogP contribution in [-0.4, -0.2) is 16.1 Å². The topological polar surface area (TPSA) is 107 Å². The zero-order valence-corrected chi connectivity index (χ0v) is 12.0. The summed E-state index contributed by atoms with van der Waals surface area (Å²) < 4.78 is 5.62. The van der Waals surface area contributed by atoms with Gasteiger partial charge in [-0.1, -0.05) is 6.07 Å². The van der Waals surface area contributed by atoms with Gasteiger partial charge in [0, 0.05) is 11.0 Å². The van der Waals surface area contributed by atoms with Crippen molar-refractivity contribution in [1.82, 2.24) is 9.97 Å². The number of aromatic amines is 1. The van der Waals surface area contributed by atoms with Crippen molar-refractivity contribution in [3.8, 4) is 5.75 Å². The van der Waals surface area contributed by atoms with Gasteiger partial charge in [-0.25, -0.2) is 4.98 Å². The van der Waals surface area contributed by atoms with E-state index in [4.69, 9.17) is 16.2 Å². The maximum atomic E-state index is 11.4. The second-order valence-corrected chi connectivity index (χ2v) is 5.44. The van der Waals surface area contributed by atoms with E-state index in [0.29, 0.717) is 16.6 Å². The summed E-state index contributed by atoms with van der Waals surface area (Å²) in [5.41, 5.74) is 11.8. The molecule has 6 nitrogen and oxygen atoms in total. The van der Waals surface area contributed by atoms with Crippen LogP contribution in [0.3, 0.4) is 0 Å². The number of para-hydroxylation sites is 1. The first-order chi connectivity index (χ1) is 9.45. The maximum Gasteiger partial charge on any atom is 0.253 e. The third kappa shape index (κ3) is 3.45. The number of hydrogen-bond donors (Lipinski definition) is 3. The molecule has 2 aromatic rings. The number of benzene rings is 1. The Labute approximate surface area is 120 Å². The van der Waals surface area contributed by atoms with Crippen molar-refractivity contribution in [3.05, 3.63) is 34.6 Å². The third-order valence-electron chi connectivity index (χ3n) is 2.34. The normalized spacial score (nSPS) is 10.8. The molecule has 106 valence electrons. The van der Waals surface area contributed by atoms with Crippen LogP contribution in [0.1, 0.15) is 13.8 Å². The lowest BCUT2D eigenvalue weighted by molar-refractivity contribution is 0.243. The Hall–Kier alpha value is -2.15. The van der Waals surface area contributed by atoms with Crippen LogP contribution in [0.4, 0.5) is 11.5 Å². The maximum absolute atomic E-state index is 11.4. The number of ether oxygens (including phenoxy) is 1. The molecule has 0 spiro atoms. The van der Waals surface area contributed by atoms with Gasteiger partial charge < -0.3 is 21.2 Å². The van der Waals surface area contributed by atoms with Gasteiger partial charge in [0.1, 0.15) is 11.6 Å². The van der Waals surface area contributed by atoms with Crippen molar-refractivity contribution in [3.63, 3.8) is 0 Å². The average Bonchev–Trinajstić information content (AvgIpc) is 2.32. The molecular weight excluding hydrogens is 276 g/mol. The molecule has 1 aromatic carbocycles. The number of nitrogen functional groups attached to an aromatic ring is 2. The molecule has 0 unspecified atom stereocenters. The number of hydrogen-bond acceptors (Lipinski definition) is 6. The minimum atomic E-state index is -0.298. The highest BCUT2D eigenvalue weighted by molar-refractivity contribution is 7.99. The summed E-state index contributed by atoms with van der Waals surface area (Å²) in [7, 11) is 0. The molecular formula is C13H16N4O2S. The summed E-state index contributed by atoms with van der Waals surface area (Å²) in [6.45, 7) is 3.85. The van der Waals surface area contributed by atoms with Gasteiger partial charge in [0.2, 0.25) is 0 Å². The van der Waals surface area contributed by atoms with Gasteiger partial charge in [-0.3, -0.25) is 4.79 Å². The van der Waals surface area contributed by atoms with Gasteiger partial charge in [-0.05, 0) is 37.7 Å². The second kappa shape index (κ2) is 5.87. The minimum Gasteiger partial charge on any atom is -0.489 e. The van der Waals surface area contributed by atoms with E-state index < -0.39 is 0 Å². The smallest absolute Gasteiger partial charge is 0.253 e. The molecule has 0 amide bonds. The van der Waals surface area contributed by atoms with Gasteiger partial charge in [-0.15, -0.1) is 0 Å². The summed E-state index contributed by atoms with van der Waals surface area (Å²) in [5.74, 6) is 0.778. The molecule has 0 saturated carbocycles. The molecule has 0 aliphatic heterocycles. The van der Waals surface area contributed by atoms with E-state index in [1.807, 2.05) is 26.0 Å². The van der Waals surface area contributed by atoms with Crippen LogP contribution in [0.25, 0.3) is 0 Å². The van der Waals surface area contributed by atoms with E-state index in [0.717, 1.165) is 4.90 Å². The quantitative estimate of drug-likeness (QED) is 0.586. The zero-order valence-electron chi connectivity index (χ0n) is 11.2. The number of nitrogens with two attached hydrogens (primary N) is 2. The first kappa shape index (κ1) is 14.3. The molecule has 1 aromatic heterocycles. The molecule has 0 fully saturated rings. The third-order valence-corrected chi connectivity index (χ3v) is 3.30. The Morgan fingerprint density at radius 1 is 1.35 bits per heavy atom. The van der Waals surface area contributed by atoms with Gasteiger partial charge in [0.25, 0.3) is 5.56 Å². The lowest BCUT2D eigenvalue weighted by Gasteiger charge is -2.14. The van der Waals surface area contributed by atoms with Crippen molar-refractivity contribution in [2.45, 2.75) is 30.0 Å². The van der Waals surface area contributed by atoms with Gasteiger partial charge in [-0.2, -0.15) is 0 Å². The van der Waals surface area contributed by atoms with E-state index in [2.05, 4.69) is 9.97 Å². The van der Waals surface area contributed by atoms with Crippen molar-refractivity contribution in [2.24, 2.45) is 0 Å². The molecule has 0 radical (unpaired) electrons. The van der Waals surface area contributed by atoms with E-state index in [1.54, 1.807) is 6.07 Å². The van der Waals surface area contributed by atoms with Crippen LogP contribution in [-0.2, 0) is 0 Å². The first-order valence-corrected chi connectivity index (χ1v) is 6.87. The molecule has 0 atom stereocenters. The Bertz CT molecular complexity index is 670. The molecule has 7 heteroatoms. The second-order valence-electron chi connectivity index (χ2n) is 4.41. The number of anilines is 2. The SMILES string of the molecule is CC(C)Oc1cccc(Sc2nc(N)cc(=O)[nH]2)c1N. The van der Waals surface area contributed by atoms with Crippen LogP contribution >= 0.6 is 11.8 Å². The van der Waals surface area contributed by atoms with Gasteiger partial charge in [0.15, 0.2) is 5.16 Å². The summed E-state index contributed by atoms with van der Waals surface area (Å²) in [6, 6.07) is 6.69. The monoisotopic (exact) mass is 292 g/mol.